The van der Waals surface area contributed by atoms with E-state index in [1.807, 2.05) is 13.8 Å². The fraction of sp³-hybridized carbons (Fsp3) is 0.238. The first-order valence-electron chi connectivity index (χ1n) is 9.10. The van der Waals surface area contributed by atoms with Crippen LogP contribution in [0.4, 0.5) is 24.8 Å². The van der Waals surface area contributed by atoms with E-state index in [4.69, 9.17) is 9.47 Å². The van der Waals surface area contributed by atoms with Crippen molar-refractivity contribution in [2.45, 2.75) is 20.0 Å². The molecule has 0 unspecified atom stereocenters. The fourth-order valence-corrected chi connectivity index (χ4v) is 2.69. The molecule has 1 heterocycles. The second-order valence-corrected chi connectivity index (χ2v) is 5.97. The molecule has 0 aliphatic carbocycles. The van der Waals surface area contributed by atoms with Crippen LogP contribution >= 0.6 is 0 Å². The second kappa shape index (κ2) is 8.81. The van der Waals surface area contributed by atoms with E-state index in [1.54, 1.807) is 59.5 Å². The number of hydrogen-bond donors (Lipinski definition) is 0. The van der Waals surface area contributed by atoms with E-state index < -0.39 is 17.6 Å². The molecule has 152 valence electrons. The summed E-state index contributed by atoms with van der Waals surface area (Å²) in [5, 5.41) is 0. The topological polar surface area (TPSA) is 47.5 Å². The standard InChI is InChI=1S/C21H20F3N3O2/c1-3-27(15-10-12-16(13-11-15)28-4-2)20-25-14-18(21(22,23)24)19(26-20)29-17-8-6-5-7-9-17/h5-14H,3-4H2,1-2H3. The van der Waals surface area contributed by atoms with Gasteiger partial charge in [-0.3, -0.25) is 0 Å². The monoisotopic (exact) mass is 403 g/mol. The molecule has 5 nitrogen and oxygen atoms in total. The number of benzene rings is 2. The summed E-state index contributed by atoms with van der Waals surface area (Å²) in [5.41, 5.74) is -0.311. The zero-order chi connectivity index (χ0) is 20.9. The van der Waals surface area contributed by atoms with Crippen LogP contribution in [0.25, 0.3) is 0 Å². The van der Waals surface area contributed by atoms with Gasteiger partial charge < -0.3 is 14.4 Å². The number of hydrogen-bond acceptors (Lipinski definition) is 5. The highest BCUT2D eigenvalue weighted by Crippen LogP contribution is 2.38. The molecule has 0 saturated carbocycles. The average Bonchev–Trinajstić information content (AvgIpc) is 2.70. The molecule has 2 aromatic carbocycles. The molecule has 0 radical (unpaired) electrons. The smallest absolute Gasteiger partial charge is 0.423 e. The highest BCUT2D eigenvalue weighted by molar-refractivity contribution is 5.59. The first kappa shape index (κ1) is 20.4. The van der Waals surface area contributed by atoms with Gasteiger partial charge in [-0.2, -0.15) is 18.2 Å². The number of aromatic nitrogens is 2. The van der Waals surface area contributed by atoms with Crippen LogP contribution in [0.5, 0.6) is 17.4 Å². The van der Waals surface area contributed by atoms with E-state index in [-0.39, 0.29) is 11.7 Å². The van der Waals surface area contributed by atoms with Crippen LogP contribution in [0.1, 0.15) is 19.4 Å². The average molecular weight is 403 g/mol. The molecule has 29 heavy (non-hydrogen) atoms. The fourth-order valence-electron chi connectivity index (χ4n) is 2.69. The molecular weight excluding hydrogens is 383 g/mol. The molecule has 0 aliphatic heterocycles. The van der Waals surface area contributed by atoms with Crippen LogP contribution in [-0.2, 0) is 6.18 Å². The number of para-hydroxylation sites is 1. The molecule has 0 N–H and O–H groups in total. The number of alkyl halides is 3. The molecule has 0 spiro atoms. The summed E-state index contributed by atoms with van der Waals surface area (Å²) in [5.74, 6) is 0.522. The van der Waals surface area contributed by atoms with E-state index in [9.17, 15) is 13.2 Å². The number of anilines is 2. The molecule has 0 bridgehead atoms. The van der Waals surface area contributed by atoms with Crippen LogP contribution in [0.15, 0.2) is 60.8 Å². The van der Waals surface area contributed by atoms with Gasteiger partial charge in [0.1, 0.15) is 17.1 Å². The lowest BCUT2D eigenvalue weighted by molar-refractivity contribution is -0.139. The van der Waals surface area contributed by atoms with Gasteiger partial charge in [0, 0.05) is 18.4 Å². The minimum absolute atomic E-state index is 0.107. The molecule has 0 saturated heterocycles. The largest absolute Gasteiger partial charge is 0.494 e. The van der Waals surface area contributed by atoms with Crippen molar-refractivity contribution >= 4 is 11.6 Å². The predicted octanol–water partition coefficient (Wildman–Crippen LogP) is 5.84. The van der Waals surface area contributed by atoms with E-state index in [0.29, 0.717) is 18.9 Å². The Labute approximate surface area is 166 Å². The zero-order valence-electron chi connectivity index (χ0n) is 16.0. The van der Waals surface area contributed by atoms with Crippen molar-refractivity contribution in [1.82, 2.24) is 9.97 Å². The van der Waals surface area contributed by atoms with Crippen LogP contribution in [0.3, 0.4) is 0 Å². The van der Waals surface area contributed by atoms with Gasteiger partial charge in [-0.1, -0.05) is 18.2 Å². The van der Waals surface area contributed by atoms with Gasteiger partial charge in [0.2, 0.25) is 11.8 Å². The maximum atomic E-state index is 13.4. The number of rotatable bonds is 7. The molecule has 0 atom stereocenters. The number of halogens is 3. The maximum Gasteiger partial charge on any atom is 0.423 e. The van der Waals surface area contributed by atoms with Crippen molar-refractivity contribution in [3.05, 3.63) is 66.4 Å². The summed E-state index contributed by atoms with van der Waals surface area (Å²) in [7, 11) is 0. The van der Waals surface area contributed by atoms with E-state index >= 15 is 0 Å². The van der Waals surface area contributed by atoms with Gasteiger partial charge in [0.05, 0.1) is 6.61 Å². The lowest BCUT2D eigenvalue weighted by Crippen LogP contribution is -2.20. The van der Waals surface area contributed by atoms with Gasteiger partial charge in [-0.05, 0) is 50.2 Å². The molecule has 1 aromatic heterocycles. The van der Waals surface area contributed by atoms with Gasteiger partial charge in [-0.25, -0.2) is 4.98 Å². The molecule has 0 aliphatic rings. The number of ether oxygens (including phenoxy) is 2. The summed E-state index contributed by atoms with van der Waals surface area (Å²) in [6.07, 6.45) is -3.89. The van der Waals surface area contributed by atoms with Crippen molar-refractivity contribution in [1.29, 1.82) is 0 Å². The van der Waals surface area contributed by atoms with Crippen LogP contribution in [0, 0.1) is 0 Å². The van der Waals surface area contributed by atoms with Crippen LogP contribution in [0.2, 0.25) is 0 Å². The summed E-state index contributed by atoms with van der Waals surface area (Å²) < 4.78 is 51.1. The third-order valence-corrected chi connectivity index (χ3v) is 4.02. The third kappa shape index (κ3) is 4.96. The lowest BCUT2D eigenvalue weighted by Gasteiger charge is -2.22. The first-order valence-corrected chi connectivity index (χ1v) is 9.10. The molecule has 3 rings (SSSR count). The van der Waals surface area contributed by atoms with Crippen molar-refractivity contribution in [3.8, 4) is 17.4 Å². The summed E-state index contributed by atoms with van der Waals surface area (Å²) in [6.45, 7) is 4.73. The quantitative estimate of drug-likeness (QED) is 0.496. The minimum Gasteiger partial charge on any atom is -0.494 e. The van der Waals surface area contributed by atoms with E-state index in [1.165, 1.54) is 0 Å². The highest BCUT2D eigenvalue weighted by Gasteiger charge is 2.37. The van der Waals surface area contributed by atoms with Gasteiger partial charge in [0.25, 0.3) is 0 Å². The highest BCUT2D eigenvalue weighted by atomic mass is 19.4. The Bertz CT molecular complexity index is 932. The molecule has 8 heteroatoms. The lowest BCUT2D eigenvalue weighted by atomic mass is 10.2. The maximum absolute atomic E-state index is 13.4. The van der Waals surface area contributed by atoms with E-state index in [2.05, 4.69) is 9.97 Å². The second-order valence-electron chi connectivity index (χ2n) is 5.97. The van der Waals surface area contributed by atoms with Crippen molar-refractivity contribution in [2.24, 2.45) is 0 Å². The summed E-state index contributed by atoms with van der Waals surface area (Å²) >= 11 is 0. The summed E-state index contributed by atoms with van der Waals surface area (Å²) in [6, 6.07) is 15.4. The van der Waals surface area contributed by atoms with Crippen LogP contribution < -0.4 is 14.4 Å². The predicted molar refractivity (Wildman–Crippen MR) is 104 cm³/mol. The minimum atomic E-state index is -4.64. The molecule has 0 fully saturated rings. The summed E-state index contributed by atoms with van der Waals surface area (Å²) in [4.78, 5) is 9.71. The Kier molecular flexibility index (Phi) is 6.21. The Morgan fingerprint density at radius 1 is 0.931 bits per heavy atom. The van der Waals surface area contributed by atoms with Gasteiger partial charge in [0.15, 0.2) is 0 Å². The Hall–Kier alpha value is -3.29. The zero-order valence-corrected chi connectivity index (χ0v) is 16.0. The third-order valence-electron chi connectivity index (χ3n) is 4.02. The normalized spacial score (nSPS) is 11.2. The van der Waals surface area contributed by atoms with Crippen LogP contribution in [-0.4, -0.2) is 23.1 Å². The van der Waals surface area contributed by atoms with E-state index in [0.717, 1.165) is 11.9 Å². The van der Waals surface area contributed by atoms with Crippen molar-refractivity contribution < 1.29 is 22.6 Å². The van der Waals surface area contributed by atoms with Crippen molar-refractivity contribution in [3.63, 3.8) is 0 Å². The molecule has 3 aromatic rings. The Balaban J connectivity index is 1.98. The van der Waals surface area contributed by atoms with Crippen molar-refractivity contribution in [2.75, 3.05) is 18.1 Å². The molecule has 0 amide bonds. The molecular formula is C21H20F3N3O2. The number of nitrogens with zero attached hydrogens (tertiary/aromatic N) is 3. The Morgan fingerprint density at radius 3 is 2.21 bits per heavy atom. The SMILES string of the molecule is CCOc1ccc(N(CC)c2ncc(C(F)(F)F)c(Oc3ccccc3)n2)cc1. The van der Waals surface area contributed by atoms with Gasteiger partial charge >= 0.3 is 6.18 Å². The Morgan fingerprint density at radius 2 is 1.62 bits per heavy atom. The van der Waals surface area contributed by atoms with Gasteiger partial charge in [-0.15, -0.1) is 0 Å². The first-order chi connectivity index (χ1) is 13.9.